The summed E-state index contributed by atoms with van der Waals surface area (Å²) >= 11 is 0. The van der Waals surface area contributed by atoms with Crippen LogP contribution in [0.5, 0.6) is 0 Å². The molecule has 1 fully saturated rings. The highest BCUT2D eigenvalue weighted by Crippen LogP contribution is 2.21. The Morgan fingerprint density at radius 1 is 1.35 bits per heavy atom. The van der Waals surface area contributed by atoms with Crippen molar-refractivity contribution < 1.29 is 13.2 Å². The summed E-state index contributed by atoms with van der Waals surface area (Å²) in [4.78, 5) is 2.46. The van der Waals surface area contributed by atoms with Gasteiger partial charge in [0, 0.05) is 39.4 Å². The number of nitrogens with zero attached hydrogens (tertiary/aromatic N) is 2. The monoisotopic (exact) mass is 299 g/mol. The van der Waals surface area contributed by atoms with Crippen molar-refractivity contribution >= 4 is 15.7 Å². The summed E-state index contributed by atoms with van der Waals surface area (Å²) in [7, 11) is -0.320. The molecule has 1 aliphatic heterocycles. The zero-order chi connectivity index (χ0) is 14.8. The number of hydrogen-bond donors (Lipinski definition) is 1. The van der Waals surface area contributed by atoms with E-state index in [0.29, 0.717) is 18.0 Å². The molecule has 1 aromatic rings. The van der Waals surface area contributed by atoms with Gasteiger partial charge in [0.25, 0.3) is 0 Å². The van der Waals surface area contributed by atoms with Gasteiger partial charge in [-0.25, -0.2) is 12.7 Å². The van der Waals surface area contributed by atoms with Crippen LogP contribution in [0.15, 0.2) is 29.2 Å². The van der Waals surface area contributed by atoms with Crippen molar-refractivity contribution in [2.75, 3.05) is 45.2 Å². The maximum Gasteiger partial charge on any atom is 0.242 e. The Labute approximate surface area is 120 Å². The Kier molecular flexibility index (Phi) is 4.64. The number of ether oxygens (including phenoxy) is 1. The molecule has 1 aliphatic rings. The van der Waals surface area contributed by atoms with Crippen LogP contribution in [0.25, 0.3) is 0 Å². The minimum atomic E-state index is -3.37. The van der Waals surface area contributed by atoms with E-state index in [9.17, 15) is 8.42 Å². The molecule has 112 valence electrons. The molecule has 2 rings (SSSR count). The predicted molar refractivity (Wildman–Crippen MR) is 78.3 cm³/mol. The van der Waals surface area contributed by atoms with Crippen LogP contribution >= 0.6 is 0 Å². The fraction of sp³-hybridized carbons (Fsp3) is 0.538. The average molecular weight is 299 g/mol. The molecule has 1 aromatic carbocycles. The van der Waals surface area contributed by atoms with Crippen molar-refractivity contribution in [1.82, 2.24) is 4.31 Å². The quantitative estimate of drug-likeness (QED) is 0.853. The number of benzene rings is 1. The lowest BCUT2D eigenvalue weighted by atomic mass is 10.2. The summed E-state index contributed by atoms with van der Waals surface area (Å²) in [6.07, 6.45) is 0.0361. The molecule has 0 saturated carbocycles. The minimum absolute atomic E-state index is 0.0361. The van der Waals surface area contributed by atoms with E-state index in [1.54, 1.807) is 12.1 Å². The molecular formula is C13H21N3O3S. The highest BCUT2D eigenvalue weighted by molar-refractivity contribution is 7.89. The minimum Gasteiger partial charge on any atom is -0.373 e. The van der Waals surface area contributed by atoms with E-state index in [4.69, 9.17) is 10.5 Å². The van der Waals surface area contributed by atoms with E-state index in [1.807, 2.05) is 12.1 Å². The third-order valence-electron chi connectivity index (χ3n) is 3.38. The fourth-order valence-electron chi connectivity index (χ4n) is 2.14. The number of hydrogen-bond acceptors (Lipinski definition) is 5. The second kappa shape index (κ2) is 6.09. The molecule has 20 heavy (non-hydrogen) atoms. The van der Waals surface area contributed by atoms with Gasteiger partial charge in [-0.1, -0.05) is 0 Å². The second-order valence-corrected chi connectivity index (χ2v) is 7.11. The lowest BCUT2D eigenvalue weighted by Crippen LogP contribution is -2.45. The Bertz CT molecular complexity index is 542. The van der Waals surface area contributed by atoms with Gasteiger partial charge >= 0.3 is 0 Å². The first kappa shape index (κ1) is 15.2. The van der Waals surface area contributed by atoms with Gasteiger partial charge in [0.2, 0.25) is 10.0 Å². The lowest BCUT2D eigenvalue weighted by Gasteiger charge is -2.34. The third-order valence-corrected chi connectivity index (χ3v) is 5.21. The molecule has 6 nitrogen and oxygen atoms in total. The summed E-state index contributed by atoms with van der Waals surface area (Å²) in [5.74, 6) is 0. The molecule has 0 aromatic heterocycles. The van der Waals surface area contributed by atoms with Crippen molar-refractivity contribution in [2.24, 2.45) is 5.73 Å². The SMILES string of the molecule is CN(C)S(=O)(=O)c1ccc(N2CCOC(CN)C2)cc1. The smallest absolute Gasteiger partial charge is 0.242 e. The third kappa shape index (κ3) is 3.12. The van der Waals surface area contributed by atoms with Crippen LogP contribution in [0, 0.1) is 0 Å². The van der Waals surface area contributed by atoms with E-state index in [1.165, 1.54) is 18.4 Å². The van der Waals surface area contributed by atoms with Crippen molar-refractivity contribution in [3.05, 3.63) is 24.3 Å². The van der Waals surface area contributed by atoms with Crippen LogP contribution in [0.2, 0.25) is 0 Å². The van der Waals surface area contributed by atoms with E-state index < -0.39 is 10.0 Å². The first-order chi connectivity index (χ1) is 9.45. The zero-order valence-electron chi connectivity index (χ0n) is 11.8. The average Bonchev–Trinajstić information content (AvgIpc) is 2.47. The van der Waals surface area contributed by atoms with Crippen LogP contribution in [0.1, 0.15) is 0 Å². The van der Waals surface area contributed by atoms with Gasteiger partial charge in [-0.3, -0.25) is 0 Å². The molecule has 2 N–H and O–H groups in total. The van der Waals surface area contributed by atoms with E-state index >= 15 is 0 Å². The molecule has 0 bridgehead atoms. The number of morpholine rings is 1. The van der Waals surface area contributed by atoms with E-state index in [0.717, 1.165) is 18.8 Å². The van der Waals surface area contributed by atoms with Crippen LogP contribution < -0.4 is 10.6 Å². The largest absolute Gasteiger partial charge is 0.373 e. The summed E-state index contributed by atoms with van der Waals surface area (Å²) in [6, 6.07) is 6.93. The Morgan fingerprint density at radius 2 is 2.00 bits per heavy atom. The molecule has 7 heteroatoms. The zero-order valence-corrected chi connectivity index (χ0v) is 12.6. The molecule has 0 amide bonds. The van der Waals surface area contributed by atoms with Crippen LogP contribution in [0.3, 0.4) is 0 Å². The van der Waals surface area contributed by atoms with Crippen molar-refractivity contribution in [3.8, 4) is 0 Å². The summed E-state index contributed by atoms with van der Waals surface area (Å²) in [5.41, 5.74) is 6.61. The second-order valence-electron chi connectivity index (χ2n) is 4.96. The summed E-state index contributed by atoms with van der Waals surface area (Å²) in [6.45, 7) is 2.65. The number of anilines is 1. The van der Waals surface area contributed by atoms with Gasteiger partial charge in [-0.15, -0.1) is 0 Å². The highest BCUT2D eigenvalue weighted by atomic mass is 32.2. The molecule has 0 radical (unpaired) electrons. The lowest BCUT2D eigenvalue weighted by molar-refractivity contribution is 0.0466. The molecule has 1 atom stereocenters. The maximum atomic E-state index is 12.0. The Balaban J connectivity index is 2.16. The van der Waals surface area contributed by atoms with Gasteiger partial charge in [0.05, 0.1) is 17.6 Å². The number of nitrogens with two attached hydrogens (primary N) is 1. The molecule has 1 heterocycles. The van der Waals surface area contributed by atoms with Crippen molar-refractivity contribution in [3.63, 3.8) is 0 Å². The van der Waals surface area contributed by atoms with Gasteiger partial charge in [0.1, 0.15) is 0 Å². The van der Waals surface area contributed by atoms with Crippen LogP contribution in [-0.2, 0) is 14.8 Å². The predicted octanol–water partition coefficient (Wildman–Crippen LogP) is 0.101. The van der Waals surface area contributed by atoms with Gasteiger partial charge in [0.15, 0.2) is 0 Å². The molecule has 0 spiro atoms. The number of rotatable bonds is 4. The van der Waals surface area contributed by atoms with Gasteiger partial charge in [-0.05, 0) is 24.3 Å². The first-order valence-corrected chi connectivity index (χ1v) is 7.98. The fourth-order valence-corrected chi connectivity index (χ4v) is 3.04. The molecule has 1 saturated heterocycles. The molecular weight excluding hydrogens is 278 g/mol. The Morgan fingerprint density at radius 3 is 2.55 bits per heavy atom. The maximum absolute atomic E-state index is 12.0. The van der Waals surface area contributed by atoms with E-state index in [-0.39, 0.29) is 6.10 Å². The highest BCUT2D eigenvalue weighted by Gasteiger charge is 2.21. The topological polar surface area (TPSA) is 75.9 Å². The van der Waals surface area contributed by atoms with Gasteiger partial charge in [-0.2, -0.15) is 0 Å². The standard InChI is InChI=1S/C13H21N3O3S/c1-15(2)20(17,18)13-5-3-11(4-6-13)16-7-8-19-12(9-14)10-16/h3-6,12H,7-10,14H2,1-2H3. The van der Waals surface area contributed by atoms with Gasteiger partial charge < -0.3 is 15.4 Å². The first-order valence-electron chi connectivity index (χ1n) is 6.54. The number of sulfonamides is 1. The normalized spacial score (nSPS) is 20.4. The molecule has 1 unspecified atom stereocenters. The summed E-state index contributed by atoms with van der Waals surface area (Å²) < 4.78 is 30.7. The van der Waals surface area contributed by atoms with E-state index in [2.05, 4.69) is 4.90 Å². The van der Waals surface area contributed by atoms with Crippen molar-refractivity contribution in [2.45, 2.75) is 11.0 Å². The van der Waals surface area contributed by atoms with Crippen LogP contribution in [-0.4, -0.2) is 59.2 Å². The van der Waals surface area contributed by atoms with Crippen LogP contribution in [0.4, 0.5) is 5.69 Å². The Hall–Kier alpha value is -1.15. The molecule has 0 aliphatic carbocycles. The van der Waals surface area contributed by atoms with Crippen molar-refractivity contribution in [1.29, 1.82) is 0 Å². The summed E-state index contributed by atoms with van der Waals surface area (Å²) in [5, 5.41) is 0.